The largest absolute Gasteiger partial charge is 0.478 e. The Bertz CT molecular complexity index is 505. The predicted molar refractivity (Wildman–Crippen MR) is 74.0 cm³/mol. The van der Waals surface area contributed by atoms with E-state index in [-0.39, 0.29) is 12.2 Å². The fraction of sp³-hybridized carbons (Fsp3) is 0.429. The Balaban J connectivity index is 2.93. The maximum absolute atomic E-state index is 11.7. The minimum Gasteiger partial charge on any atom is -0.478 e. The van der Waals surface area contributed by atoms with E-state index in [9.17, 15) is 9.59 Å². The van der Waals surface area contributed by atoms with Gasteiger partial charge in [0, 0.05) is 12.8 Å². The van der Waals surface area contributed by atoms with Crippen molar-refractivity contribution in [3.63, 3.8) is 0 Å². The lowest BCUT2D eigenvalue weighted by Gasteiger charge is -2.20. The van der Waals surface area contributed by atoms with Gasteiger partial charge >= 0.3 is 12.1 Å². The molecule has 0 aliphatic heterocycles. The van der Waals surface area contributed by atoms with Crippen LogP contribution >= 0.6 is 0 Å². The minimum absolute atomic E-state index is 0.0746. The summed E-state index contributed by atoms with van der Waals surface area (Å²) in [5, 5.41) is 11.6. The van der Waals surface area contributed by atoms with Crippen molar-refractivity contribution >= 4 is 17.7 Å². The highest BCUT2D eigenvalue weighted by Crippen LogP contribution is 2.17. The fourth-order valence-corrected chi connectivity index (χ4v) is 1.56. The zero-order valence-corrected chi connectivity index (χ0v) is 12.0. The lowest BCUT2D eigenvalue weighted by Crippen LogP contribution is -2.27. The number of nitrogens with one attached hydrogen (secondary N) is 1. The van der Waals surface area contributed by atoms with E-state index in [2.05, 4.69) is 5.32 Å². The molecule has 1 aromatic carbocycles. The van der Waals surface area contributed by atoms with Gasteiger partial charge in [0.1, 0.15) is 5.60 Å². The molecule has 0 saturated heterocycles. The number of hydrogen-bond donors (Lipinski definition) is 2. The van der Waals surface area contributed by atoms with Gasteiger partial charge in [-0.1, -0.05) is 0 Å². The van der Waals surface area contributed by atoms with Crippen LogP contribution in [0, 0.1) is 0 Å². The molecule has 1 aromatic rings. The number of benzene rings is 1. The van der Waals surface area contributed by atoms with Crippen LogP contribution in [-0.4, -0.2) is 29.9 Å². The molecule has 6 nitrogen and oxygen atoms in total. The summed E-state index contributed by atoms with van der Waals surface area (Å²) >= 11 is 0. The van der Waals surface area contributed by atoms with E-state index < -0.39 is 17.7 Å². The third kappa shape index (κ3) is 5.27. The predicted octanol–water partition coefficient (Wildman–Crippen LogP) is 2.88. The molecule has 0 unspecified atom stereocenters. The van der Waals surface area contributed by atoms with Gasteiger partial charge in [0.25, 0.3) is 0 Å². The van der Waals surface area contributed by atoms with Gasteiger partial charge < -0.3 is 14.6 Å². The molecule has 0 fully saturated rings. The molecule has 2 N–H and O–H groups in total. The van der Waals surface area contributed by atoms with Crippen molar-refractivity contribution in [3.05, 3.63) is 29.3 Å². The van der Waals surface area contributed by atoms with Gasteiger partial charge in [0.2, 0.25) is 0 Å². The maximum atomic E-state index is 11.7. The standard InChI is InChI=1S/C14H19NO5/c1-14(2,3)20-13(18)15-11-6-9(8-19-4)5-10(7-11)12(16)17/h5-7H,8H2,1-4H3,(H,15,18)(H,16,17). The Hall–Kier alpha value is -2.08. The molecular formula is C14H19NO5. The Labute approximate surface area is 117 Å². The molecule has 1 rings (SSSR count). The molecule has 0 radical (unpaired) electrons. The maximum Gasteiger partial charge on any atom is 0.412 e. The van der Waals surface area contributed by atoms with E-state index in [0.29, 0.717) is 11.3 Å². The summed E-state index contributed by atoms with van der Waals surface area (Å²) in [6.07, 6.45) is -0.636. The Morgan fingerprint density at radius 3 is 2.40 bits per heavy atom. The molecule has 110 valence electrons. The third-order valence-corrected chi connectivity index (χ3v) is 2.20. The van der Waals surface area contributed by atoms with Gasteiger partial charge in [-0.05, 0) is 44.5 Å². The lowest BCUT2D eigenvalue weighted by atomic mass is 10.1. The summed E-state index contributed by atoms with van der Waals surface area (Å²) in [5.41, 5.74) is 0.458. The zero-order chi connectivity index (χ0) is 15.3. The number of rotatable bonds is 4. The third-order valence-electron chi connectivity index (χ3n) is 2.20. The number of aromatic carboxylic acids is 1. The van der Waals surface area contributed by atoms with Crippen molar-refractivity contribution in [2.75, 3.05) is 12.4 Å². The molecule has 0 spiro atoms. The first-order valence-electron chi connectivity index (χ1n) is 6.07. The number of carboxylic acid groups (broad SMARTS) is 1. The van der Waals surface area contributed by atoms with Crippen LogP contribution in [0.2, 0.25) is 0 Å². The highest BCUT2D eigenvalue weighted by molar-refractivity contribution is 5.91. The van der Waals surface area contributed by atoms with Gasteiger partial charge in [0.15, 0.2) is 0 Å². The average molecular weight is 281 g/mol. The first-order chi connectivity index (χ1) is 9.21. The molecule has 0 aliphatic rings. The van der Waals surface area contributed by atoms with Crippen LogP contribution in [0.3, 0.4) is 0 Å². The molecule has 0 aromatic heterocycles. The molecule has 20 heavy (non-hydrogen) atoms. The number of carboxylic acids is 1. The zero-order valence-electron chi connectivity index (χ0n) is 12.0. The second-order valence-corrected chi connectivity index (χ2v) is 5.28. The van der Waals surface area contributed by atoms with Crippen LogP contribution in [0.25, 0.3) is 0 Å². The van der Waals surface area contributed by atoms with Gasteiger partial charge in [-0.3, -0.25) is 5.32 Å². The monoisotopic (exact) mass is 281 g/mol. The average Bonchev–Trinajstić information content (AvgIpc) is 2.26. The van der Waals surface area contributed by atoms with Crippen LogP contribution in [0.5, 0.6) is 0 Å². The van der Waals surface area contributed by atoms with E-state index in [4.69, 9.17) is 14.6 Å². The number of carbonyl (C=O) groups excluding carboxylic acids is 1. The highest BCUT2D eigenvalue weighted by atomic mass is 16.6. The molecule has 0 saturated carbocycles. The number of carbonyl (C=O) groups is 2. The normalized spacial score (nSPS) is 11.0. The van der Waals surface area contributed by atoms with Gasteiger partial charge in [-0.25, -0.2) is 9.59 Å². The lowest BCUT2D eigenvalue weighted by molar-refractivity contribution is 0.0632. The van der Waals surface area contributed by atoms with Crippen LogP contribution in [0.15, 0.2) is 18.2 Å². The Morgan fingerprint density at radius 1 is 1.25 bits per heavy atom. The summed E-state index contributed by atoms with van der Waals surface area (Å²) < 4.78 is 10.1. The van der Waals surface area contributed by atoms with Gasteiger partial charge in [0.05, 0.1) is 12.2 Å². The van der Waals surface area contributed by atoms with Crippen LogP contribution < -0.4 is 5.32 Å². The Morgan fingerprint density at radius 2 is 1.90 bits per heavy atom. The molecule has 1 amide bonds. The van der Waals surface area contributed by atoms with Crippen LogP contribution in [0.4, 0.5) is 10.5 Å². The van der Waals surface area contributed by atoms with Crippen molar-refractivity contribution in [1.29, 1.82) is 0 Å². The summed E-state index contributed by atoms with van der Waals surface area (Å²) in [7, 11) is 1.51. The smallest absolute Gasteiger partial charge is 0.412 e. The minimum atomic E-state index is -1.07. The first-order valence-corrected chi connectivity index (χ1v) is 6.07. The molecule has 6 heteroatoms. The van der Waals surface area contributed by atoms with E-state index >= 15 is 0 Å². The van der Waals surface area contributed by atoms with E-state index in [1.807, 2.05) is 0 Å². The molecule has 0 bridgehead atoms. The molecular weight excluding hydrogens is 262 g/mol. The highest BCUT2D eigenvalue weighted by Gasteiger charge is 2.17. The summed E-state index contributed by atoms with van der Waals surface area (Å²) in [6, 6.07) is 4.50. The molecule has 0 heterocycles. The molecule has 0 atom stereocenters. The molecule has 0 aliphatic carbocycles. The number of methoxy groups -OCH3 is 1. The van der Waals surface area contributed by atoms with Gasteiger partial charge in [-0.15, -0.1) is 0 Å². The number of anilines is 1. The summed E-state index contributed by atoms with van der Waals surface area (Å²) in [4.78, 5) is 22.7. The number of hydrogen-bond acceptors (Lipinski definition) is 4. The second kappa shape index (κ2) is 6.38. The SMILES string of the molecule is COCc1cc(NC(=O)OC(C)(C)C)cc(C(=O)O)c1. The summed E-state index contributed by atoms with van der Waals surface area (Å²) in [6.45, 7) is 5.49. The van der Waals surface area contributed by atoms with E-state index in [1.165, 1.54) is 19.2 Å². The quantitative estimate of drug-likeness (QED) is 0.886. The fourth-order valence-electron chi connectivity index (χ4n) is 1.56. The van der Waals surface area contributed by atoms with Crippen LogP contribution in [0.1, 0.15) is 36.7 Å². The topological polar surface area (TPSA) is 84.9 Å². The number of amides is 1. The van der Waals surface area contributed by atoms with Crippen LogP contribution in [-0.2, 0) is 16.1 Å². The first kappa shape index (κ1) is 16.0. The van der Waals surface area contributed by atoms with Gasteiger partial charge in [-0.2, -0.15) is 0 Å². The van der Waals surface area contributed by atoms with Crippen molar-refractivity contribution in [1.82, 2.24) is 0 Å². The second-order valence-electron chi connectivity index (χ2n) is 5.28. The van der Waals surface area contributed by atoms with E-state index in [1.54, 1.807) is 26.8 Å². The Kier molecular flexibility index (Phi) is 5.10. The van der Waals surface area contributed by atoms with Crippen molar-refractivity contribution in [3.8, 4) is 0 Å². The van der Waals surface area contributed by atoms with Crippen molar-refractivity contribution < 1.29 is 24.2 Å². The summed E-state index contributed by atoms with van der Waals surface area (Å²) in [5.74, 6) is -1.07. The number of ether oxygens (including phenoxy) is 2. The van der Waals surface area contributed by atoms with Crippen molar-refractivity contribution in [2.45, 2.75) is 33.0 Å². The van der Waals surface area contributed by atoms with E-state index in [0.717, 1.165) is 0 Å². The van der Waals surface area contributed by atoms with Crippen molar-refractivity contribution in [2.24, 2.45) is 0 Å².